The highest BCUT2D eigenvalue weighted by Crippen LogP contribution is 2.33. The van der Waals surface area contributed by atoms with E-state index in [0.29, 0.717) is 32.7 Å². The van der Waals surface area contributed by atoms with E-state index in [1.54, 1.807) is 36.4 Å². The van der Waals surface area contributed by atoms with Crippen LogP contribution in [0.5, 0.6) is 11.5 Å². The predicted molar refractivity (Wildman–Crippen MR) is 143 cm³/mol. The highest BCUT2D eigenvalue weighted by atomic mass is 32.2. The number of aryl methyl sites for hydroxylation is 1. The number of sulfonamides is 1. The van der Waals surface area contributed by atoms with Crippen molar-refractivity contribution in [3.63, 3.8) is 0 Å². The van der Waals surface area contributed by atoms with Crippen molar-refractivity contribution >= 4 is 21.6 Å². The molecular weight excluding hydrogens is 518 g/mol. The zero-order valence-electron chi connectivity index (χ0n) is 21.3. The lowest BCUT2D eigenvalue weighted by molar-refractivity contribution is 0.0897. The van der Waals surface area contributed by atoms with Crippen LogP contribution < -0.4 is 14.2 Å². The van der Waals surface area contributed by atoms with Crippen LogP contribution in [0.1, 0.15) is 31.8 Å². The number of Topliss-reactive ketones (excluding diaryl/α,β-unsaturated/α-hetero) is 2. The molecule has 0 aromatic heterocycles. The fourth-order valence-corrected chi connectivity index (χ4v) is 6.17. The van der Waals surface area contributed by atoms with E-state index in [9.17, 15) is 18.0 Å². The van der Waals surface area contributed by atoms with E-state index < -0.39 is 15.8 Å². The maximum Gasteiger partial charge on any atom is 0.262 e. The number of nitrogens with zero attached hydrogens (tertiary/aromatic N) is 2. The van der Waals surface area contributed by atoms with Crippen LogP contribution >= 0.6 is 0 Å². The summed E-state index contributed by atoms with van der Waals surface area (Å²) < 4.78 is 39.9. The summed E-state index contributed by atoms with van der Waals surface area (Å²) >= 11 is 0. The first-order valence-corrected chi connectivity index (χ1v) is 14.2. The van der Waals surface area contributed by atoms with Crippen LogP contribution in [0.3, 0.4) is 0 Å². The van der Waals surface area contributed by atoms with E-state index in [-0.39, 0.29) is 40.0 Å². The number of fused-ring (bicyclic) bond motifs is 2. The Balaban J connectivity index is 1.27. The molecule has 0 radical (unpaired) electrons. The van der Waals surface area contributed by atoms with E-state index in [0.717, 1.165) is 22.6 Å². The molecule has 3 aromatic rings. The first-order valence-electron chi connectivity index (χ1n) is 12.7. The number of nitrogens with one attached hydrogen (secondary N) is 1. The number of hydrogen-bond acceptors (Lipinski definition) is 8. The van der Waals surface area contributed by atoms with E-state index >= 15 is 0 Å². The summed E-state index contributed by atoms with van der Waals surface area (Å²) in [5, 5.41) is 0. The van der Waals surface area contributed by atoms with E-state index in [2.05, 4.69) is 9.62 Å². The third kappa shape index (κ3) is 4.77. The molecule has 2 heterocycles. The van der Waals surface area contributed by atoms with Gasteiger partial charge in [-0.1, -0.05) is 48.0 Å². The molecule has 0 bridgehead atoms. The van der Waals surface area contributed by atoms with Crippen LogP contribution in [0.25, 0.3) is 0 Å². The number of hydrogen-bond donors (Lipinski definition) is 1. The van der Waals surface area contributed by atoms with Crippen molar-refractivity contribution in [2.45, 2.75) is 18.4 Å². The lowest BCUT2D eigenvalue weighted by Gasteiger charge is -2.38. The van der Waals surface area contributed by atoms with Crippen LogP contribution in [0.2, 0.25) is 0 Å². The van der Waals surface area contributed by atoms with Crippen molar-refractivity contribution in [1.82, 2.24) is 14.5 Å². The standard InChI is InChI=1S/C29H27N3O6S/c1-19-6-9-21(10-7-19)39(35,36)30-26-27(29(34)23-5-3-2-4-22(23)28(26)33)32-14-12-31(13-15-32)17-20-8-11-24-25(16-20)38-18-37-24/h2-11,16,30H,12-15,17-18H2,1H3. The number of ether oxygens (including phenoxy) is 2. The number of ketones is 2. The number of piperazine rings is 1. The second kappa shape index (κ2) is 9.87. The Kier molecular flexibility index (Phi) is 6.36. The van der Waals surface area contributed by atoms with Crippen molar-refractivity contribution in [3.8, 4) is 11.5 Å². The molecule has 1 aliphatic carbocycles. The van der Waals surface area contributed by atoms with Crippen molar-refractivity contribution in [3.05, 3.63) is 100 Å². The predicted octanol–water partition coefficient (Wildman–Crippen LogP) is 3.11. The maximum absolute atomic E-state index is 13.7. The first-order chi connectivity index (χ1) is 18.8. The van der Waals surface area contributed by atoms with Gasteiger partial charge in [0.05, 0.1) is 4.90 Å². The average molecular weight is 546 g/mol. The Morgan fingerprint density at radius 3 is 2.21 bits per heavy atom. The number of carbonyl (C=O) groups excluding carboxylic acids is 2. The summed E-state index contributed by atoms with van der Waals surface area (Å²) in [5.74, 6) is 0.582. The number of allylic oxidation sites excluding steroid dienone is 2. The van der Waals surface area contributed by atoms with Gasteiger partial charge in [-0.3, -0.25) is 19.2 Å². The molecule has 10 heteroatoms. The number of rotatable bonds is 6. The molecule has 3 aromatic carbocycles. The van der Waals surface area contributed by atoms with Gasteiger partial charge in [-0.05, 0) is 36.8 Å². The highest BCUT2D eigenvalue weighted by molar-refractivity contribution is 7.89. The van der Waals surface area contributed by atoms with Crippen LogP contribution in [0.15, 0.2) is 83.0 Å². The van der Waals surface area contributed by atoms with E-state index in [4.69, 9.17) is 9.47 Å². The van der Waals surface area contributed by atoms with Crippen LogP contribution in [-0.2, 0) is 16.6 Å². The summed E-state index contributed by atoms with van der Waals surface area (Å²) in [4.78, 5) is 31.4. The molecule has 3 aliphatic rings. The molecule has 9 nitrogen and oxygen atoms in total. The van der Waals surface area contributed by atoms with Crippen molar-refractivity contribution in [2.75, 3.05) is 33.0 Å². The lowest BCUT2D eigenvalue weighted by atomic mass is 9.89. The van der Waals surface area contributed by atoms with Gasteiger partial charge in [0.15, 0.2) is 11.5 Å². The molecular formula is C29H27N3O6S. The van der Waals surface area contributed by atoms with Crippen LogP contribution in [0.4, 0.5) is 0 Å². The van der Waals surface area contributed by atoms with Gasteiger partial charge in [0.25, 0.3) is 10.0 Å². The molecule has 200 valence electrons. The molecule has 0 spiro atoms. The van der Waals surface area contributed by atoms with Crippen molar-refractivity contribution in [1.29, 1.82) is 0 Å². The molecule has 1 saturated heterocycles. The Morgan fingerprint density at radius 2 is 1.49 bits per heavy atom. The molecule has 2 aliphatic heterocycles. The Morgan fingerprint density at radius 1 is 0.821 bits per heavy atom. The van der Waals surface area contributed by atoms with E-state index in [1.807, 2.05) is 30.0 Å². The Bertz CT molecular complexity index is 1610. The van der Waals surface area contributed by atoms with Crippen molar-refractivity contribution in [2.24, 2.45) is 0 Å². The molecule has 0 unspecified atom stereocenters. The summed E-state index contributed by atoms with van der Waals surface area (Å²) in [6.07, 6.45) is 0. The Hall–Kier alpha value is -4.15. The minimum absolute atomic E-state index is 0.0209. The molecule has 1 N–H and O–H groups in total. The van der Waals surface area contributed by atoms with Gasteiger partial charge in [-0.2, -0.15) is 0 Å². The SMILES string of the molecule is Cc1ccc(S(=O)(=O)NC2=C(N3CCN(Cc4ccc5c(c4)OCO5)CC3)C(=O)c3ccccc3C2=O)cc1. The van der Waals surface area contributed by atoms with Gasteiger partial charge in [-0.25, -0.2) is 8.42 Å². The summed E-state index contributed by atoms with van der Waals surface area (Å²) in [6, 6.07) is 18.7. The first kappa shape index (κ1) is 25.1. The van der Waals surface area contributed by atoms with Crippen LogP contribution in [-0.4, -0.2) is 62.8 Å². The average Bonchev–Trinajstić information content (AvgIpc) is 3.41. The smallest absolute Gasteiger partial charge is 0.262 e. The highest BCUT2D eigenvalue weighted by Gasteiger charge is 2.38. The monoisotopic (exact) mass is 545 g/mol. The number of carbonyl (C=O) groups is 2. The van der Waals surface area contributed by atoms with Gasteiger partial charge in [0.2, 0.25) is 18.4 Å². The summed E-state index contributed by atoms with van der Waals surface area (Å²) in [5.41, 5.74) is 2.34. The largest absolute Gasteiger partial charge is 0.454 e. The summed E-state index contributed by atoms with van der Waals surface area (Å²) in [6.45, 7) is 4.92. The number of benzene rings is 3. The van der Waals surface area contributed by atoms with Gasteiger partial charge >= 0.3 is 0 Å². The third-order valence-corrected chi connectivity index (χ3v) is 8.56. The molecule has 6 rings (SSSR count). The fourth-order valence-electron chi connectivity index (χ4n) is 5.10. The van der Waals surface area contributed by atoms with Gasteiger partial charge in [-0.15, -0.1) is 0 Å². The lowest BCUT2D eigenvalue weighted by Crippen LogP contribution is -2.49. The summed E-state index contributed by atoms with van der Waals surface area (Å²) in [7, 11) is -4.10. The normalized spacial score (nSPS) is 17.4. The van der Waals surface area contributed by atoms with Gasteiger partial charge < -0.3 is 14.4 Å². The topological polar surface area (TPSA) is 105 Å². The third-order valence-electron chi connectivity index (χ3n) is 7.19. The molecule has 0 amide bonds. The van der Waals surface area contributed by atoms with E-state index in [1.165, 1.54) is 12.1 Å². The molecule has 39 heavy (non-hydrogen) atoms. The van der Waals surface area contributed by atoms with Gasteiger partial charge in [0.1, 0.15) is 11.4 Å². The second-order valence-corrected chi connectivity index (χ2v) is 11.5. The molecule has 1 fully saturated rings. The minimum atomic E-state index is -4.10. The minimum Gasteiger partial charge on any atom is -0.454 e. The molecule has 0 saturated carbocycles. The second-order valence-electron chi connectivity index (χ2n) is 9.80. The van der Waals surface area contributed by atoms with Crippen molar-refractivity contribution < 1.29 is 27.5 Å². The van der Waals surface area contributed by atoms with Gasteiger partial charge in [0, 0.05) is 43.9 Å². The zero-order valence-corrected chi connectivity index (χ0v) is 22.2. The maximum atomic E-state index is 13.7. The Labute approximate surface area is 226 Å². The van der Waals surface area contributed by atoms with Crippen LogP contribution in [0, 0.1) is 6.92 Å². The molecule has 0 atom stereocenters. The zero-order chi connectivity index (χ0) is 27.1. The fraction of sp³-hybridized carbons (Fsp3) is 0.241. The quantitative estimate of drug-likeness (QED) is 0.504.